The molecule has 5 N–H and O–H groups in total. The second-order valence-electron chi connectivity index (χ2n) is 2.35. The number of rotatable bonds is 7. The smallest absolute Gasteiger partial charge is 0.465 e. The Bertz CT molecular complexity index is 277. The third kappa shape index (κ3) is 7.55. The maximum atomic E-state index is 10.3. The van der Waals surface area contributed by atoms with Crippen LogP contribution in [-0.2, 0) is 18.2 Å². The normalized spacial score (nSPS) is 16.2. The van der Waals surface area contributed by atoms with Gasteiger partial charge < -0.3 is 15.5 Å². The molecule has 0 radical (unpaired) electrons. The van der Waals surface area contributed by atoms with Crippen molar-refractivity contribution in [1.82, 2.24) is 5.32 Å². The first-order valence-electron chi connectivity index (χ1n) is 3.65. The molecule has 0 aromatic heterocycles. The predicted octanol–water partition coefficient (Wildman–Crippen LogP) is -0.377. The summed E-state index contributed by atoms with van der Waals surface area (Å²) in [7, 11) is -6.58. The van der Waals surface area contributed by atoms with Crippen LogP contribution in [0.4, 0.5) is 4.79 Å². The largest absolute Gasteiger partial charge is 0.700 e. The molecule has 0 aliphatic heterocycles. The molecule has 0 spiro atoms. The third-order valence-electron chi connectivity index (χ3n) is 1.16. The lowest BCUT2D eigenvalue weighted by molar-refractivity contribution is -0.275. The molecule has 0 heterocycles. The Labute approximate surface area is 90.7 Å². The van der Waals surface area contributed by atoms with Gasteiger partial charge in [0.25, 0.3) is 0 Å². The number of hydrogen-bond donors (Lipinski definition) is 5. The molecule has 0 aromatic carbocycles. The summed E-state index contributed by atoms with van der Waals surface area (Å²) in [6.07, 6.45) is -2.06. The lowest BCUT2D eigenvalue weighted by atomic mass is 10.4. The van der Waals surface area contributed by atoms with Crippen LogP contribution in [0.25, 0.3) is 0 Å². The lowest BCUT2D eigenvalue weighted by Gasteiger charge is -2.13. The van der Waals surface area contributed by atoms with Gasteiger partial charge in [-0.2, -0.15) is 0 Å². The Morgan fingerprint density at radius 2 is 1.69 bits per heavy atom. The highest BCUT2D eigenvalue weighted by atomic mass is 31.1. The van der Waals surface area contributed by atoms with Crippen LogP contribution in [-0.4, -0.2) is 38.6 Å². The maximum Gasteiger partial charge on any atom is 0.700 e. The second kappa shape index (κ2) is 6.77. The first-order valence-corrected chi connectivity index (χ1v) is 5.91. The Morgan fingerprint density at radius 1 is 1.25 bits per heavy atom. The summed E-state index contributed by atoms with van der Waals surface area (Å²) in [5, 5.41) is 19.3. The standard InChI is InChI=1S/C4H7NO9P2/c6-3(7)5-2-1-4(8,13-15(9)10)14-16(11)12/h5,8H,1-2H2,(H-2,6,7,9,10,11,12)/p+2. The molecule has 2 atom stereocenters. The van der Waals surface area contributed by atoms with Crippen molar-refractivity contribution in [2.24, 2.45) is 0 Å². The molecule has 12 heteroatoms. The first-order chi connectivity index (χ1) is 7.25. The van der Waals surface area contributed by atoms with Gasteiger partial charge in [-0.05, 0) is 9.05 Å². The molecular formula is C4H9NO9P2+2. The Morgan fingerprint density at radius 3 is 2.00 bits per heavy atom. The van der Waals surface area contributed by atoms with Gasteiger partial charge in [-0.1, -0.05) is 0 Å². The molecule has 10 nitrogen and oxygen atoms in total. The molecule has 92 valence electrons. The quantitative estimate of drug-likeness (QED) is 0.308. The first kappa shape index (κ1) is 15.3. The average molecular weight is 277 g/mol. The van der Waals surface area contributed by atoms with Crippen molar-refractivity contribution < 1.29 is 43.0 Å². The number of amides is 1. The highest BCUT2D eigenvalue weighted by molar-refractivity contribution is 7.33. The highest BCUT2D eigenvalue weighted by Crippen LogP contribution is 2.34. The van der Waals surface area contributed by atoms with Gasteiger partial charge in [0.1, 0.15) is 0 Å². The average Bonchev–Trinajstić information content (AvgIpc) is 1.98. The number of hydrogen-bond acceptors (Lipinski definition) is 6. The van der Waals surface area contributed by atoms with E-state index >= 15 is 0 Å². The molecule has 0 aliphatic carbocycles. The number of carboxylic acid groups (broad SMARTS) is 1. The monoisotopic (exact) mass is 277 g/mol. The fraction of sp³-hybridized carbons (Fsp3) is 0.750. The van der Waals surface area contributed by atoms with Gasteiger partial charge in [0.05, 0.1) is 6.42 Å². The summed E-state index contributed by atoms with van der Waals surface area (Å²) < 4.78 is 28.4. The van der Waals surface area contributed by atoms with Gasteiger partial charge in [-0.15, -0.1) is 9.79 Å². The zero-order valence-electron chi connectivity index (χ0n) is 7.64. The van der Waals surface area contributed by atoms with Gasteiger partial charge in [-0.3, -0.25) is 0 Å². The molecule has 2 unspecified atom stereocenters. The summed E-state index contributed by atoms with van der Waals surface area (Å²) in [5.41, 5.74) is 0. The number of carbonyl (C=O) groups is 1. The Balaban J connectivity index is 4.34. The lowest BCUT2D eigenvalue weighted by Crippen LogP contribution is -2.36. The van der Waals surface area contributed by atoms with Crippen LogP contribution in [0.5, 0.6) is 0 Å². The fourth-order valence-electron chi connectivity index (χ4n) is 0.679. The van der Waals surface area contributed by atoms with Crippen LogP contribution in [0, 0.1) is 0 Å². The molecule has 16 heavy (non-hydrogen) atoms. The summed E-state index contributed by atoms with van der Waals surface area (Å²) in [4.78, 5) is 26.7. The molecule has 0 rings (SSSR count). The minimum atomic E-state index is -3.29. The van der Waals surface area contributed by atoms with E-state index in [-0.39, 0.29) is 0 Å². The summed E-state index contributed by atoms with van der Waals surface area (Å²) in [5.74, 6) is -2.81. The zero-order valence-corrected chi connectivity index (χ0v) is 9.43. The van der Waals surface area contributed by atoms with Gasteiger partial charge in [0.2, 0.25) is 0 Å². The molecular weight excluding hydrogens is 268 g/mol. The van der Waals surface area contributed by atoms with Crippen LogP contribution in [0.3, 0.4) is 0 Å². The summed E-state index contributed by atoms with van der Waals surface area (Å²) in [6.45, 7) is -0.418. The molecule has 0 aliphatic rings. The predicted molar refractivity (Wildman–Crippen MR) is 47.4 cm³/mol. The minimum Gasteiger partial charge on any atom is -0.465 e. The second-order valence-corrected chi connectivity index (χ2v) is 3.67. The molecule has 1 amide bonds. The van der Waals surface area contributed by atoms with E-state index in [2.05, 4.69) is 9.05 Å². The Kier molecular flexibility index (Phi) is 6.46. The van der Waals surface area contributed by atoms with Crippen LogP contribution in [0.15, 0.2) is 0 Å². The number of aliphatic hydroxyl groups is 1. The van der Waals surface area contributed by atoms with Gasteiger partial charge in [-0.25, -0.2) is 4.79 Å². The van der Waals surface area contributed by atoms with Crippen LogP contribution < -0.4 is 5.32 Å². The molecule has 0 saturated heterocycles. The van der Waals surface area contributed by atoms with Crippen molar-refractivity contribution in [2.75, 3.05) is 6.54 Å². The highest BCUT2D eigenvalue weighted by Gasteiger charge is 2.47. The summed E-state index contributed by atoms with van der Waals surface area (Å²) in [6, 6.07) is 0. The van der Waals surface area contributed by atoms with E-state index in [0.29, 0.717) is 0 Å². The van der Waals surface area contributed by atoms with Crippen LogP contribution >= 0.6 is 16.5 Å². The van der Waals surface area contributed by atoms with Crippen molar-refractivity contribution in [3.05, 3.63) is 0 Å². The van der Waals surface area contributed by atoms with E-state index in [1.807, 2.05) is 0 Å². The topological polar surface area (TPSA) is 163 Å². The molecule has 0 aromatic rings. The van der Waals surface area contributed by atoms with Crippen molar-refractivity contribution >= 4 is 22.6 Å². The van der Waals surface area contributed by atoms with Gasteiger partial charge in [0.15, 0.2) is 0 Å². The van der Waals surface area contributed by atoms with E-state index in [1.165, 1.54) is 0 Å². The van der Waals surface area contributed by atoms with Crippen molar-refractivity contribution in [2.45, 2.75) is 12.4 Å². The minimum absolute atomic E-state index is 0.418. The van der Waals surface area contributed by atoms with E-state index in [9.17, 15) is 19.0 Å². The number of nitrogens with one attached hydrogen (secondary N) is 1. The SMILES string of the molecule is O=C(O)NCCC(O)(O[P+](=O)O)O[P+](=O)O. The van der Waals surface area contributed by atoms with Crippen LogP contribution in [0.2, 0.25) is 0 Å². The van der Waals surface area contributed by atoms with Gasteiger partial charge in [0, 0.05) is 15.7 Å². The summed E-state index contributed by atoms with van der Waals surface area (Å²) >= 11 is 0. The van der Waals surface area contributed by atoms with Crippen molar-refractivity contribution in [3.8, 4) is 0 Å². The van der Waals surface area contributed by atoms with E-state index < -0.39 is 41.5 Å². The van der Waals surface area contributed by atoms with Crippen molar-refractivity contribution in [3.63, 3.8) is 0 Å². The maximum absolute atomic E-state index is 10.3. The van der Waals surface area contributed by atoms with Gasteiger partial charge >= 0.3 is 28.6 Å². The van der Waals surface area contributed by atoms with E-state index in [1.54, 1.807) is 5.32 Å². The fourth-order valence-corrected chi connectivity index (χ4v) is 1.48. The van der Waals surface area contributed by atoms with E-state index in [4.69, 9.17) is 14.9 Å². The Hall–Kier alpha value is -0.730. The molecule has 0 saturated carbocycles. The third-order valence-corrected chi connectivity index (χ3v) is 2.04. The van der Waals surface area contributed by atoms with Crippen LogP contribution in [0.1, 0.15) is 6.42 Å². The molecule has 0 bridgehead atoms. The zero-order chi connectivity index (χ0) is 12.8. The van der Waals surface area contributed by atoms with E-state index in [0.717, 1.165) is 0 Å². The molecule has 0 fully saturated rings. The van der Waals surface area contributed by atoms with Crippen molar-refractivity contribution in [1.29, 1.82) is 0 Å².